The van der Waals surface area contributed by atoms with Gasteiger partial charge in [0.1, 0.15) is 18.8 Å². The molecule has 1 aromatic carbocycles. The van der Waals surface area contributed by atoms with Gasteiger partial charge in [0.2, 0.25) is 0 Å². The van der Waals surface area contributed by atoms with Gasteiger partial charge in [-0.25, -0.2) is 9.55 Å². The molecule has 2 aromatic rings. The van der Waals surface area contributed by atoms with Crippen molar-refractivity contribution in [3.63, 3.8) is 0 Å². The molecule has 0 fully saturated rings. The number of benzene rings is 1. The minimum Gasteiger partial charge on any atom is -1.00 e. The zero-order chi connectivity index (χ0) is 18.6. The van der Waals surface area contributed by atoms with E-state index in [1.54, 1.807) is 0 Å². The zero-order valence-electron chi connectivity index (χ0n) is 17.1. The van der Waals surface area contributed by atoms with Gasteiger partial charge in [0, 0.05) is 6.42 Å². The van der Waals surface area contributed by atoms with E-state index in [2.05, 4.69) is 53.0 Å². The minimum absolute atomic E-state index is 0. The van der Waals surface area contributed by atoms with Crippen LogP contribution in [0.3, 0.4) is 0 Å². The van der Waals surface area contributed by atoms with Crippen LogP contribution in [0.4, 0.5) is 0 Å². The number of hydrogen-bond donors (Lipinski definition) is 2. The molecule has 152 valence electrons. The van der Waals surface area contributed by atoms with Crippen LogP contribution in [0.15, 0.2) is 36.5 Å². The Kier molecular flexibility index (Phi) is 11.7. The second-order valence-electron chi connectivity index (χ2n) is 7.52. The summed E-state index contributed by atoms with van der Waals surface area (Å²) in [4.78, 5) is 3.44. The summed E-state index contributed by atoms with van der Waals surface area (Å²) >= 11 is 0. The molecule has 3 nitrogen and oxygen atoms in total. The highest BCUT2D eigenvalue weighted by atomic mass is 19.0. The number of hydrogen-bond acceptors (Lipinski definition) is 1. The van der Waals surface area contributed by atoms with Crippen molar-refractivity contribution in [2.75, 3.05) is 0 Å². The van der Waals surface area contributed by atoms with Crippen LogP contribution in [-0.4, -0.2) is 10.1 Å². The highest BCUT2D eigenvalue weighted by Crippen LogP contribution is 2.13. The molecule has 2 N–H and O–H groups in total. The Labute approximate surface area is 164 Å². The Bertz CT molecular complexity index is 610. The monoisotopic (exact) mass is 376 g/mol. The number of aromatic amines is 1. The van der Waals surface area contributed by atoms with E-state index >= 15 is 0 Å². The number of aliphatic hydroxyl groups excluding tert-OH is 1. The van der Waals surface area contributed by atoms with Gasteiger partial charge in [-0.05, 0) is 18.9 Å². The van der Waals surface area contributed by atoms with Gasteiger partial charge in [0.25, 0.3) is 5.82 Å². The first-order valence-electron chi connectivity index (χ1n) is 10.5. The number of unbranched alkanes of at least 4 members (excludes halogenated alkanes) is 8. The molecule has 1 atom stereocenters. The minimum atomic E-state index is -0.450. The highest BCUT2D eigenvalue weighted by Gasteiger charge is 2.18. The SMILES string of the molecule is CCCCCCCCCCCc1[nH]c(C(C)O)c[n+]1Cc1ccccc1.[F-]. The highest BCUT2D eigenvalue weighted by molar-refractivity contribution is 5.13. The molecule has 2 rings (SSSR count). The van der Waals surface area contributed by atoms with Crippen molar-refractivity contribution in [3.05, 3.63) is 53.6 Å². The number of aromatic nitrogens is 2. The van der Waals surface area contributed by atoms with Gasteiger partial charge in [-0.15, -0.1) is 0 Å². The van der Waals surface area contributed by atoms with Crippen molar-refractivity contribution >= 4 is 0 Å². The van der Waals surface area contributed by atoms with E-state index < -0.39 is 6.10 Å². The number of nitrogens with zero attached hydrogens (tertiary/aromatic N) is 1. The summed E-state index contributed by atoms with van der Waals surface area (Å²) in [5.41, 5.74) is 2.20. The van der Waals surface area contributed by atoms with E-state index in [0.29, 0.717) is 0 Å². The lowest BCUT2D eigenvalue weighted by Gasteiger charge is -2.03. The van der Waals surface area contributed by atoms with Gasteiger partial charge in [-0.2, -0.15) is 0 Å². The first kappa shape index (κ1) is 23.4. The molecule has 27 heavy (non-hydrogen) atoms. The predicted molar refractivity (Wildman–Crippen MR) is 108 cm³/mol. The molecule has 0 saturated carbocycles. The smallest absolute Gasteiger partial charge is 0.254 e. The fourth-order valence-corrected chi connectivity index (χ4v) is 3.46. The molecule has 0 aliphatic carbocycles. The quantitative estimate of drug-likeness (QED) is 0.409. The van der Waals surface area contributed by atoms with Crippen molar-refractivity contribution in [1.82, 2.24) is 4.98 Å². The summed E-state index contributed by atoms with van der Waals surface area (Å²) in [6.45, 7) is 4.95. The molecule has 0 aliphatic heterocycles. The largest absolute Gasteiger partial charge is 1.00 e. The number of aryl methyl sites for hydroxylation is 1. The van der Waals surface area contributed by atoms with Gasteiger partial charge in [-0.3, -0.25) is 0 Å². The van der Waals surface area contributed by atoms with E-state index in [9.17, 15) is 5.11 Å². The Balaban J connectivity index is 0.00000364. The van der Waals surface area contributed by atoms with Crippen molar-refractivity contribution in [2.24, 2.45) is 0 Å². The average Bonchev–Trinajstić information content (AvgIpc) is 3.04. The molecule has 0 saturated heterocycles. The first-order chi connectivity index (χ1) is 12.7. The Hall–Kier alpha value is -1.68. The Morgan fingerprint density at radius 3 is 2.11 bits per heavy atom. The number of halogens is 1. The Morgan fingerprint density at radius 1 is 0.926 bits per heavy atom. The second kappa shape index (κ2) is 13.5. The maximum atomic E-state index is 9.91. The third kappa shape index (κ3) is 8.70. The molecule has 0 aliphatic rings. The molecule has 0 bridgehead atoms. The number of nitrogens with one attached hydrogen (secondary N) is 1. The molecule has 0 spiro atoms. The summed E-state index contributed by atoms with van der Waals surface area (Å²) in [6.07, 6.45) is 14.8. The van der Waals surface area contributed by atoms with E-state index in [1.807, 2.05) is 6.92 Å². The van der Waals surface area contributed by atoms with Crippen molar-refractivity contribution in [1.29, 1.82) is 0 Å². The van der Waals surface area contributed by atoms with Crippen LogP contribution in [0.1, 0.15) is 94.8 Å². The van der Waals surface area contributed by atoms with Gasteiger partial charge in [0.15, 0.2) is 5.69 Å². The molecule has 1 unspecified atom stereocenters. The summed E-state index contributed by atoms with van der Waals surface area (Å²) < 4.78 is 2.27. The van der Waals surface area contributed by atoms with E-state index in [0.717, 1.165) is 18.7 Å². The predicted octanol–water partition coefficient (Wildman–Crippen LogP) is 2.48. The van der Waals surface area contributed by atoms with Crippen molar-refractivity contribution in [2.45, 2.75) is 90.7 Å². The molecule has 1 heterocycles. The maximum absolute atomic E-state index is 9.91. The zero-order valence-corrected chi connectivity index (χ0v) is 17.1. The topological polar surface area (TPSA) is 39.9 Å². The van der Waals surface area contributed by atoms with Crippen LogP contribution < -0.4 is 9.27 Å². The lowest BCUT2D eigenvalue weighted by atomic mass is 10.1. The van der Waals surface area contributed by atoms with Crippen LogP contribution in [0, 0.1) is 0 Å². The fourth-order valence-electron chi connectivity index (χ4n) is 3.46. The third-order valence-corrected chi connectivity index (χ3v) is 5.09. The summed E-state index contributed by atoms with van der Waals surface area (Å²) in [5, 5.41) is 9.91. The van der Waals surface area contributed by atoms with Gasteiger partial charge < -0.3 is 9.81 Å². The molecule has 4 heteroatoms. The van der Waals surface area contributed by atoms with Crippen molar-refractivity contribution < 1.29 is 14.4 Å². The van der Waals surface area contributed by atoms with Crippen LogP contribution in [-0.2, 0) is 13.0 Å². The lowest BCUT2D eigenvalue weighted by Crippen LogP contribution is -3.00. The van der Waals surface area contributed by atoms with Crippen LogP contribution in [0.5, 0.6) is 0 Å². The Morgan fingerprint density at radius 2 is 1.52 bits per heavy atom. The lowest BCUT2D eigenvalue weighted by molar-refractivity contribution is -0.694. The van der Waals surface area contributed by atoms with Crippen molar-refractivity contribution in [3.8, 4) is 0 Å². The van der Waals surface area contributed by atoms with E-state index in [1.165, 1.54) is 69.2 Å². The molecular formula is C23H37FN2O. The van der Waals surface area contributed by atoms with E-state index in [4.69, 9.17) is 0 Å². The fraction of sp³-hybridized carbons (Fsp3) is 0.609. The summed E-state index contributed by atoms with van der Waals surface area (Å²) in [6, 6.07) is 10.5. The van der Waals surface area contributed by atoms with E-state index in [-0.39, 0.29) is 4.70 Å². The molecule has 0 radical (unpaired) electrons. The second-order valence-corrected chi connectivity index (χ2v) is 7.52. The van der Waals surface area contributed by atoms with Gasteiger partial charge in [0.05, 0.1) is 0 Å². The van der Waals surface area contributed by atoms with Crippen LogP contribution in [0.25, 0.3) is 0 Å². The summed E-state index contributed by atoms with van der Waals surface area (Å²) in [7, 11) is 0. The molecular weight excluding hydrogens is 339 g/mol. The van der Waals surface area contributed by atoms with Gasteiger partial charge in [-0.1, -0.05) is 88.6 Å². The normalized spacial score (nSPS) is 12.0. The maximum Gasteiger partial charge on any atom is 0.254 e. The molecule has 0 amide bonds. The number of H-pyrrole nitrogens is 1. The van der Waals surface area contributed by atoms with Gasteiger partial charge >= 0.3 is 0 Å². The standard InChI is InChI=1S/C23H36N2O.FH/c1-3-4-5-6-7-8-9-10-14-17-23-24-22(20(2)26)19-25(23)18-21-15-12-11-13-16-21;/h11-13,15-16,19-20,26H,3-10,14,17-18H2,1-2H3;1H. The molecule has 1 aromatic heterocycles. The number of rotatable bonds is 13. The first-order valence-corrected chi connectivity index (χ1v) is 10.5. The van der Waals surface area contributed by atoms with Crippen LogP contribution in [0.2, 0.25) is 0 Å². The van der Waals surface area contributed by atoms with Crippen LogP contribution >= 0.6 is 0 Å². The number of imidazole rings is 1. The average molecular weight is 377 g/mol. The summed E-state index contributed by atoms with van der Waals surface area (Å²) in [5.74, 6) is 1.23. The third-order valence-electron chi connectivity index (χ3n) is 5.09. The number of aliphatic hydroxyl groups is 1.